The Morgan fingerprint density at radius 2 is 1.60 bits per heavy atom. The highest BCUT2D eigenvalue weighted by atomic mass is 35.5. The number of hydrogen-bond acceptors (Lipinski definition) is 9. The van der Waals surface area contributed by atoms with E-state index in [1.54, 1.807) is 12.1 Å². The maximum Gasteiger partial charge on any atom is 0.264 e. The van der Waals surface area contributed by atoms with E-state index >= 15 is 0 Å². The predicted molar refractivity (Wildman–Crippen MR) is 216 cm³/mol. The fourth-order valence-electron chi connectivity index (χ4n) is 9.96. The van der Waals surface area contributed by atoms with Gasteiger partial charge in [0.25, 0.3) is 17.7 Å². The van der Waals surface area contributed by atoms with Crippen molar-refractivity contribution in [1.29, 1.82) is 0 Å². The number of piperidine rings is 2. The number of amides is 5. The lowest BCUT2D eigenvalue weighted by atomic mass is 9.76. The van der Waals surface area contributed by atoms with Crippen LogP contribution in [-0.2, 0) is 9.59 Å². The van der Waals surface area contributed by atoms with Gasteiger partial charge in [-0.2, -0.15) is 0 Å². The molecule has 0 saturated carbocycles. The number of nitrogens with zero attached hydrogens (tertiary/aromatic N) is 7. The summed E-state index contributed by atoms with van der Waals surface area (Å²) in [5.41, 5.74) is 4.95. The molecule has 5 fully saturated rings. The Kier molecular flexibility index (Phi) is 9.44. The first-order valence-corrected chi connectivity index (χ1v) is 20.3. The maximum absolute atomic E-state index is 13.6. The van der Waals surface area contributed by atoms with Crippen LogP contribution in [-0.4, -0.2) is 121 Å². The third kappa shape index (κ3) is 6.58. The monoisotopic (exact) mass is 788 g/mol. The first kappa shape index (κ1) is 37.1. The summed E-state index contributed by atoms with van der Waals surface area (Å²) in [5.74, 6) is -1.97. The minimum Gasteiger partial charge on any atom is -0.371 e. The molecular formula is C43H45ClN8O5. The zero-order chi connectivity index (χ0) is 39.6. The average Bonchev–Trinajstić information content (AvgIpc) is 3.66. The zero-order valence-electron chi connectivity index (χ0n) is 32.0. The van der Waals surface area contributed by atoms with Gasteiger partial charge in [0.1, 0.15) is 6.04 Å². The highest BCUT2D eigenvalue weighted by Crippen LogP contribution is 2.46. The lowest BCUT2D eigenvalue weighted by Gasteiger charge is -2.49. The number of imide groups is 2. The molecule has 294 valence electrons. The molecule has 1 unspecified atom stereocenters. The third-order valence-corrected chi connectivity index (χ3v) is 13.5. The summed E-state index contributed by atoms with van der Waals surface area (Å²) in [5, 5.41) is 2.76. The Balaban J connectivity index is 0.755. The molecule has 5 saturated heterocycles. The van der Waals surface area contributed by atoms with Crippen LogP contribution in [0.15, 0.2) is 60.7 Å². The summed E-state index contributed by atoms with van der Waals surface area (Å²) in [6, 6.07) is 18.7. The van der Waals surface area contributed by atoms with Gasteiger partial charge in [0.15, 0.2) is 0 Å². The number of anilines is 3. The molecule has 1 spiro atoms. The van der Waals surface area contributed by atoms with Crippen LogP contribution in [0.4, 0.5) is 22.7 Å². The summed E-state index contributed by atoms with van der Waals surface area (Å²) in [6.45, 7) is 16.6. The van der Waals surface area contributed by atoms with Crippen LogP contribution >= 0.6 is 11.6 Å². The van der Waals surface area contributed by atoms with Crippen LogP contribution in [0.2, 0.25) is 5.02 Å². The van der Waals surface area contributed by atoms with Crippen molar-refractivity contribution in [3.8, 4) is 0 Å². The molecule has 3 aromatic rings. The molecular weight excluding hydrogens is 744 g/mol. The molecule has 6 aliphatic heterocycles. The van der Waals surface area contributed by atoms with E-state index in [0.29, 0.717) is 59.7 Å². The van der Waals surface area contributed by atoms with Crippen LogP contribution < -0.4 is 20.0 Å². The molecule has 6 aliphatic rings. The van der Waals surface area contributed by atoms with Gasteiger partial charge in [-0.05, 0) is 86.6 Å². The number of rotatable bonds is 6. The summed E-state index contributed by atoms with van der Waals surface area (Å²) in [7, 11) is 0. The van der Waals surface area contributed by atoms with Crippen LogP contribution in [0.3, 0.4) is 0 Å². The van der Waals surface area contributed by atoms with Crippen molar-refractivity contribution in [1.82, 2.24) is 20.0 Å². The van der Waals surface area contributed by atoms with Gasteiger partial charge in [0.2, 0.25) is 17.5 Å². The zero-order valence-corrected chi connectivity index (χ0v) is 32.7. The molecule has 6 heterocycles. The molecule has 9 rings (SSSR count). The van der Waals surface area contributed by atoms with Crippen LogP contribution in [0.5, 0.6) is 0 Å². The van der Waals surface area contributed by atoms with Gasteiger partial charge in [-0.25, -0.2) is 4.85 Å². The topological polar surface area (TPSA) is 121 Å². The highest BCUT2D eigenvalue weighted by Gasteiger charge is 2.48. The fraction of sp³-hybridized carbons (Fsp3) is 0.442. The lowest BCUT2D eigenvalue weighted by Crippen LogP contribution is -2.63. The molecule has 1 N–H and O–H groups in total. The maximum atomic E-state index is 13.6. The van der Waals surface area contributed by atoms with Crippen LogP contribution in [0.25, 0.3) is 4.85 Å². The van der Waals surface area contributed by atoms with E-state index in [9.17, 15) is 24.0 Å². The summed E-state index contributed by atoms with van der Waals surface area (Å²) < 4.78 is 0. The molecule has 0 bridgehead atoms. The first-order chi connectivity index (χ1) is 27.5. The Bertz CT molecular complexity index is 2200. The third-order valence-electron chi connectivity index (χ3n) is 13.2. The van der Waals surface area contributed by atoms with Crippen molar-refractivity contribution >= 4 is 63.9 Å². The van der Waals surface area contributed by atoms with Gasteiger partial charge in [0, 0.05) is 99.4 Å². The van der Waals surface area contributed by atoms with E-state index in [4.69, 9.17) is 18.2 Å². The molecule has 5 amide bonds. The number of carbonyl (C=O) groups excluding carboxylic acids is 5. The van der Waals surface area contributed by atoms with E-state index in [-0.39, 0.29) is 35.8 Å². The Labute approximate surface area is 336 Å². The van der Waals surface area contributed by atoms with E-state index < -0.39 is 29.7 Å². The number of carbonyl (C=O) groups is 5. The summed E-state index contributed by atoms with van der Waals surface area (Å²) in [6.07, 6.45) is 3.53. The SMILES string of the molecule is [C-]#[N+]c1ccc(N2CC3(CCN(c4ccc(C(=O)N5CCN(C6CN(c7cccc8c7C(=O)N(C7CCC(=O)NC7=O)C8=O)C6)CC5)cc4)CC3)C[C@@H]2C)cc1Cl. The number of benzene rings is 3. The van der Waals surface area contributed by atoms with E-state index in [1.165, 1.54) is 0 Å². The summed E-state index contributed by atoms with van der Waals surface area (Å²) in [4.78, 5) is 80.5. The van der Waals surface area contributed by atoms with Crippen molar-refractivity contribution < 1.29 is 24.0 Å². The lowest BCUT2D eigenvalue weighted by molar-refractivity contribution is -0.136. The standard InChI is InChI=1S/C43H45ClN8O5/c1-27-23-43(26-51(27)30-10-11-34(45-2)33(44)22-30)14-16-47(17-15-43)29-8-6-28(7-9-29)40(55)49-20-18-48(19-21-49)31-24-50(25-31)35-5-3-4-32-38(35)42(57)52(41(32)56)36-12-13-37(53)46-39(36)54/h3-11,22,27,31,36H,12-21,23-26H2,1H3,(H,46,53,54)/t27-,36?/m0/s1. The second-order valence-corrected chi connectivity index (χ2v) is 16.9. The molecule has 0 aliphatic carbocycles. The number of hydrogen-bond donors (Lipinski definition) is 1. The van der Waals surface area contributed by atoms with Gasteiger partial charge < -0.3 is 19.6 Å². The minimum absolute atomic E-state index is 0.0437. The molecule has 57 heavy (non-hydrogen) atoms. The second kappa shape index (κ2) is 14.5. The Morgan fingerprint density at radius 3 is 2.28 bits per heavy atom. The quantitative estimate of drug-likeness (QED) is 0.277. The van der Waals surface area contributed by atoms with Crippen molar-refractivity contribution in [2.45, 2.75) is 57.2 Å². The predicted octanol–water partition coefficient (Wildman–Crippen LogP) is 4.82. The van der Waals surface area contributed by atoms with Crippen molar-refractivity contribution in [2.75, 3.05) is 73.6 Å². The molecule has 0 aromatic heterocycles. The number of nitrogens with one attached hydrogen (secondary N) is 1. The first-order valence-electron chi connectivity index (χ1n) is 19.9. The fourth-order valence-corrected chi connectivity index (χ4v) is 10.2. The molecule has 0 radical (unpaired) electrons. The van der Waals surface area contributed by atoms with Gasteiger partial charge in [0.05, 0.1) is 23.4 Å². The second-order valence-electron chi connectivity index (χ2n) is 16.5. The molecule has 14 heteroatoms. The number of fused-ring (bicyclic) bond motifs is 1. The van der Waals surface area contributed by atoms with E-state index in [1.807, 2.05) is 41.3 Å². The summed E-state index contributed by atoms with van der Waals surface area (Å²) >= 11 is 6.38. The van der Waals surface area contributed by atoms with Crippen molar-refractivity contribution in [2.24, 2.45) is 5.41 Å². The smallest absolute Gasteiger partial charge is 0.264 e. The van der Waals surface area contributed by atoms with E-state index in [2.05, 4.69) is 48.8 Å². The minimum atomic E-state index is -0.996. The van der Waals surface area contributed by atoms with Crippen molar-refractivity contribution in [3.05, 3.63) is 93.8 Å². The van der Waals surface area contributed by atoms with Crippen LogP contribution in [0, 0.1) is 12.0 Å². The van der Waals surface area contributed by atoms with Crippen LogP contribution in [0.1, 0.15) is 70.1 Å². The molecule has 2 atom stereocenters. The number of piperazine rings is 1. The normalized spacial score (nSPS) is 23.8. The van der Waals surface area contributed by atoms with E-state index in [0.717, 1.165) is 68.3 Å². The molecule has 13 nitrogen and oxygen atoms in total. The molecule has 3 aromatic carbocycles. The van der Waals surface area contributed by atoms with Gasteiger partial charge in [-0.15, -0.1) is 0 Å². The highest BCUT2D eigenvalue weighted by molar-refractivity contribution is 6.33. The Morgan fingerprint density at radius 1 is 0.877 bits per heavy atom. The van der Waals surface area contributed by atoms with Gasteiger partial charge >= 0.3 is 0 Å². The van der Waals surface area contributed by atoms with Gasteiger partial charge in [-0.3, -0.25) is 39.1 Å². The largest absolute Gasteiger partial charge is 0.371 e. The van der Waals surface area contributed by atoms with Gasteiger partial charge in [-0.1, -0.05) is 23.7 Å². The average molecular weight is 789 g/mol. The number of halogens is 1. The van der Waals surface area contributed by atoms with Crippen molar-refractivity contribution in [3.63, 3.8) is 0 Å². The Hall–Kier alpha value is -5.45.